The molecule has 0 fully saturated rings. The fourth-order valence-electron chi connectivity index (χ4n) is 3.14. The second kappa shape index (κ2) is 6.41. The maximum absolute atomic E-state index is 4.13. The van der Waals surface area contributed by atoms with Gasteiger partial charge < -0.3 is 0 Å². The van der Waals surface area contributed by atoms with Gasteiger partial charge in [0.25, 0.3) is 0 Å². The molecule has 0 amide bonds. The lowest BCUT2D eigenvalue weighted by atomic mass is 9.69. The van der Waals surface area contributed by atoms with Crippen molar-refractivity contribution in [2.45, 2.75) is 78.5 Å². The van der Waals surface area contributed by atoms with Crippen LogP contribution in [0.1, 0.15) is 79.9 Å². The summed E-state index contributed by atoms with van der Waals surface area (Å²) in [6.45, 7) is 20.7. The third kappa shape index (κ3) is 4.48. The molecule has 1 aromatic carbocycles. The molecular formula is C24H35Br. The molecular weight excluding hydrogens is 368 g/mol. The SMILES string of the molecule is CC(C)(C)C1=CC(Br)(C(C)(C)C)CC(c2cccc(C(C)(C)C)c2)=C1. The minimum atomic E-state index is -0.0234. The molecule has 1 aliphatic carbocycles. The molecule has 0 radical (unpaired) electrons. The first-order valence-corrected chi connectivity index (χ1v) is 10.2. The van der Waals surface area contributed by atoms with E-state index in [1.54, 1.807) is 0 Å². The van der Waals surface area contributed by atoms with E-state index in [0.717, 1.165) is 6.42 Å². The van der Waals surface area contributed by atoms with Gasteiger partial charge in [0.1, 0.15) is 0 Å². The maximum Gasteiger partial charge on any atom is 0.0531 e. The summed E-state index contributed by atoms with van der Waals surface area (Å²) in [5.41, 5.74) is 6.06. The van der Waals surface area contributed by atoms with E-state index in [0.29, 0.717) is 0 Å². The third-order valence-corrected chi connectivity index (χ3v) is 7.07. The van der Waals surface area contributed by atoms with Crippen molar-refractivity contribution in [2.75, 3.05) is 0 Å². The lowest BCUT2D eigenvalue weighted by Gasteiger charge is -2.43. The predicted octanol–water partition coefficient (Wildman–Crippen LogP) is 7.92. The largest absolute Gasteiger partial charge is 0.0798 e. The zero-order valence-corrected chi connectivity index (χ0v) is 19.1. The van der Waals surface area contributed by atoms with Crippen molar-refractivity contribution >= 4 is 21.5 Å². The molecule has 0 bridgehead atoms. The van der Waals surface area contributed by atoms with Gasteiger partial charge in [-0.05, 0) is 44.9 Å². The normalized spacial score (nSPS) is 22.5. The Hall–Kier alpha value is -0.820. The summed E-state index contributed by atoms with van der Waals surface area (Å²) in [4.78, 5) is 0. The Kier molecular flexibility index (Phi) is 5.25. The van der Waals surface area contributed by atoms with E-state index in [4.69, 9.17) is 0 Å². The highest BCUT2D eigenvalue weighted by Crippen LogP contribution is 2.51. The van der Waals surface area contributed by atoms with Gasteiger partial charge in [0, 0.05) is 0 Å². The standard InChI is InChI=1S/C24H35Br/c1-21(2,3)19-12-10-11-17(13-19)18-14-20(22(4,5)6)16-24(25,15-18)23(7,8)9/h10-14,16H,15H2,1-9H3. The molecule has 0 aromatic heterocycles. The molecule has 0 saturated heterocycles. The minimum Gasteiger partial charge on any atom is -0.0798 e. The molecule has 138 valence electrons. The van der Waals surface area contributed by atoms with Crippen LogP contribution >= 0.6 is 15.9 Å². The number of hydrogen-bond acceptors (Lipinski definition) is 0. The van der Waals surface area contributed by atoms with Crippen molar-refractivity contribution in [1.29, 1.82) is 0 Å². The van der Waals surface area contributed by atoms with E-state index in [2.05, 4.69) is 115 Å². The number of hydrogen-bond donors (Lipinski definition) is 0. The summed E-state index contributed by atoms with van der Waals surface area (Å²) in [5.74, 6) is 0. The molecule has 0 heterocycles. The summed E-state index contributed by atoms with van der Waals surface area (Å²) in [5, 5.41) is 0. The number of alkyl halides is 1. The molecule has 1 aromatic rings. The molecule has 25 heavy (non-hydrogen) atoms. The van der Waals surface area contributed by atoms with Crippen molar-refractivity contribution in [3.8, 4) is 0 Å². The van der Waals surface area contributed by atoms with Crippen LogP contribution < -0.4 is 0 Å². The lowest BCUT2D eigenvalue weighted by Crippen LogP contribution is -2.37. The van der Waals surface area contributed by atoms with Gasteiger partial charge in [-0.3, -0.25) is 0 Å². The van der Waals surface area contributed by atoms with Gasteiger partial charge in [0.15, 0.2) is 0 Å². The van der Waals surface area contributed by atoms with Crippen LogP contribution in [-0.2, 0) is 5.41 Å². The molecule has 0 spiro atoms. The van der Waals surface area contributed by atoms with Crippen LogP contribution in [0.4, 0.5) is 0 Å². The van der Waals surface area contributed by atoms with Crippen molar-refractivity contribution in [1.82, 2.24) is 0 Å². The van der Waals surface area contributed by atoms with Gasteiger partial charge in [0.05, 0.1) is 4.32 Å². The van der Waals surface area contributed by atoms with Crippen molar-refractivity contribution < 1.29 is 0 Å². The number of benzene rings is 1. The highest BCUT2D eigenvalue weighted by molar-refractivity contribution is 9.10. The molecule has 2 rings (SSSR count). The lowest BCUT2D eigenvalue weighted by molar-refractivity contribution is 0.332. The zero-order chi connectivity index (χ0) is 19.3. The molecule has 0 saturated carbocycles. The van der Waals surface area contributed by atoms with Crippen LogP contribution in [0, 0.1) is 10.8 Å². The Morgan fingerprint density at radius 2 is 1.48 bits per heavy atom. The fourth-order valence-corrected chi connectivity index (χ4v) is 3.69. The summed E-state index contributed by atoms with van der Waals surface area (Å²) >= 11 is 4.13. The minimum absolute atomic E-state index is 0.0234. The van der Waals surface area contributed by atoms with Gasteiger partial charge in [-0.1, -0.05) is 115 Å². The van der Waals surface area contributed by atoms with Crippen LogP contribution in [0.2, 0.25) is 0 Å². The molecule has 1 atom stereocenters. The molecule has 1 unspecified atom stereocenters. The second-order valence-electron chi connectivity index (χ2n) is 10.6. The number of halogens is 1. The van der Waals surface area contributed by atoms with Crippen LogP contribution in [0.25, 0.3) is 5.57 Å². The van der Waals surface area contributed by atoms with Gasteiger partial charge in [0.2, 0.25) is 0 Å². The molecule has 0 nitrogen and oxygen atoms in total. The van der Waals surface area contributed by atoms with Crippen molar-refractivity contribution in [3.63, 3.8) is 0 Å². The first-order chi connectivity index (χ1) is 11.1. The summed E-state index contributed by atoms with van der Waals surface area (Å²) in [7, 11) is 0. The molecule has 1 heteroatoms. The van der Waals surface area contributed by atoms with E-state index in [1.165, 1.54) is 22.3 Å². The summed E-state index contributed by atoms with van der Waals surface area (Å²) in [6, 6.07) is 9.10. The van der Waals surface area contributed by atoms with Crippen molar-refractivity contribution in [2.24, 2.45) is 10.8 Å². The average molecular weight is 403 g/mol. The first kappa shape index (κ1) is 20.5. The fraction of sp³-hybridized carbons (Fsp3) is 0.583. The Labute approximate surface area is 163 Å². The Morgan fingerprint density at radius 3 is 1.96 bits per heavy atom. The Morgan fingerprint density at radius 1 is 0.880 bits per heavy atom. The summed E-state index contributed by atoms with van der Waals surface area (Å²) in [6.07, 6.45) is 5.90. The topological polar surface area (TPSA) is 0 Å². The van der Waals surface area contributed by atoms with E-state index < -0.39 is 0 Å². The Bertz CT molecular complexity index is 699. The average Bonchev–Trinajstić information content (AvgIpc) is 2.44. The monoisotopic (exact) mass is 402 g/mol. The summed E-state index contributed by atoms with van der Waals surface area (Å²) < 4.78 is -0.0234. The van der Waals surface area contributed by atoms with Gasteiger partial charge >= 0.3 is 0 Å². The zero-order valence-electron chi connectivity index (χ0n) is 17.5. The molecule has 0 aliphatic heterocycles. The molecule has 1 aliphatic rings. The van der Waals surface area contributed by atoms with Gasteiger partial charge in [-0.2, -0.15) is 0 Å². The van der Waals surface area contributed by atoms with E-state index in [-0.39, 0.29) is 20.6 Å². The van der Waals surface area contributed by atoms with Crippen molar-refractivity contribution in [3.05, 3.63) is 53.1 Å². The highest BCUT2D eigenvalue weighted by Gasteiger charge is 2.41. The number of rotatable bonds is 1. The van der Waals surface area contributed by atoms with E-state index >= 15 is 0 Å². The second-order valence-corrected chi connectivity index (χ2v) is 12.1. The van der Waals surface area contributed by atoms with Gasteiger partial charge in [-0.15, -0.1) is 0 Å². The van der Waals surface area contributed by atoms with E-state index in [9.17, 15) is 0 Å². The smallest absolute Gasteiger partial charge is 0.0531 e. The molecule has 0 N–H and O–H groups in total. The van der Waals surface area contributed by atoms with Crippen LogP contribution in [0.15, 0.2) is 42.0 Å². The quantitative estimate of drug-likeness (QED) is 0.418. The Balaban J connectivity index is 2.58. The maximum atomic E-state index is 4.13. The predicted molar refractivity (Wildman–Crippen MR) is 116 cm³/mol. The van der Waals surface area contributed by atoms with E-state index in [1.807, 2.05) is 0 Å². The first-order valence-electron chi connectivity index (χ1n) is 9.37. The highest BCUT2D eigenvalue weighted by atomic mass is 79.9. The third-order valence-electron chi connectivity index (χ3n) is 5.37. The van der Waals surface area contributed by atoms with Crippen LogP contribution in [-0.4, -0.2) is 4.32 Å². The van der Waals surface area contributed by atoms with Gasteiger partial charge in [-0.25, -0.2) is 0 Å². The van der Waals surface area contributed by atoms with Crippen LogP contribution in [0.5, 0.6) is 0 Å². The number of allylic oxidation sites excluding steroid dienone is 4. The van der Waals surface area contributed by atoms with Crippen LogP contribution in [0.3, 0.4) is 0 Å².